The van der Waals surface area contributed by atoms with Crippen LogP contribution in [0.1, 0.15) is 16.7 Å². The quantitative estimate of drug-likeness (QED) is 0.883. The Labute approximate surface area is 150 Å². The lowest BCUT2D eigenvalue weighted by Gasteiger charge is -2.28. The van der Waals surface area contributed by atoms with Crippen LogP contribution in [0.5, 0.6) is 0 Å². The van der Waals surface area contributed by atoms with Crippen LogP contribution in [0, 0.1) is 0 Å². The van der Waals surface area contributed by atoms with Crippen molar-refractivity contribution < 1.29 is 9.59 Å². The van der Waals surface area contributed by atoms with Gasteiger partial charge in [-0.25, -0.2) is 0 Å². The second-order valence-electron chi connectivity index (χ2n) is 6.22. The fraction of sp³-hybridized carbons (Fsp3) is 0.263. The zero-order chi connectivity index (χ0) is 17.2. The maximum atomic E-state index is 12.3. The third-order valence-corrected chi connectivity index (χ3v) is 5.55. The molecule has 0 bridgehead atoms. The Morgan fingerprint density at radius 2 is 2.00 bits per heavy atom. The van der Waals surface area contributed by atoms with E-state index < -0.39 is 0 Å². The molecule has 4 rings (SSSR count). The number of benzene rings is 2. The fourth-order valence-electron chi connectivity index (χ4n) is 3.19. The van der Waals surface area contributed by atoms with Crippen molar-refractivity contribution in [3.05, 3.63) is 59.2 Å². The predicted octanol–water partition coefficient (Wildman–Crippen LogP) is 2.04. The molecule has 0 fully saturated rings. The number of thioether (sulfide) groups is 1. The molecule has 0 aromatic heterocycles. The summed E-state index contributed by atoms with van der Waals surface area (Å²) in [6, 6.07) is 14.0. The van der Waals surface area contributed by atoms with Crippen molar-refractivity contribution in [1.29, 1.82) is 0 Å². The monoisotopic (exact) mass is 353 g/mol. The first kappa shape index (κ1) is 16.2. The van der Waals surface area contributed by atoms with E-state index in [-0.39, 0.29) is 18.4 Å². The van der Waals surface area contributed by atoms with Gasteiger partial charge in [0, 0.05) is 24.5 Å². The molecule has 6 heteroatoms. The molecule has 5 nitrogen and oxygen atoms in total. The maximum Gasteiger partial charge on any atom is 0.240 e. The van der Waals surface area contributed by atoms with E-state index in [1.807, 2.05) is 30.3 Å². The summed E-state index contributed by atoms with van der Waals surface area (Å²) in [6.07, 6.45) is 0. The number of amides is 2. The molecule has 0 saturated heterocycles. The summed E-state index contributed by atoms with van der Waals surface area (Å²) in [5.74, 6) is 0.207. The molecule has 2 aliphatic rings. The van der Waals surface area contributed by atoms with Crippen molar-refractivity contribution in [3.63, 3.8) is 0 Å². The molecule has 0 spiro atoms. The molecule has 2 N–H and O–H groups in total. The van der Waals surface area contributed by atoms with E-state index in [0.29, 0.717) is 12.3 Å². The van der Waals surface area contributed by atoms with Crippen molar-refractivity contribution in [2.75, 3.05) is 17.2 Å². The number of nitrogens with one attached hydrogen (secondary N) is 2. The van der Waals surface area contributed by atoms with E-state index >= 15 is 0 Å². The number of carbonyl (C=O) groups is 2. The molecule has 2 aromatic rings. The third-order valence-electron chi connectivity index (χ3n) is 4.50. The molecule has 0 atom stereocenters. The first-order valence-corrected chi connectivity index (χ1v) is 9.29. The highest BCUT2D eigenvalue weighted by atomic mass is 32.2. The van der Waals surface area contributed by atoms with Gasteiger partial charge in [0.25, 0.3) is 0 Å². The molecule has 2 aromatic carbocycles. The Kier molecular flexibility index (Phi) is 4.46. The van der Waals surface area contributed by atoms with Gasteiger partial charge in [-0.2, -0.15) is 0 Å². The first-order chi connectivity index (χ1) is 12.2. The van der Waals surface area contributed by atoms with Crippen LogP contribution in [-0.4, -0.2) is 24.1 Å². The smallest absolute Gasteiger partial charge is 0.240 e. The van der Waals surface area contributed by atoms with E-state index in [4.69, 9.17) is 0 Å². The summed E-state index contributed by atoms with van der Waals surface area (Å²) >= 11 is 1.52. The SMILES string of the molecule is O=C(CN1C(=O)CSc2ccccc21)NCc1ccc2c(c1)CNC2. The Morgan fingerprint density at radius 1 is 1.16 bits per heavy atom. The lowest BCUT2D eigenvalue weighted by atomic mass is 10.1. The number of hydrogen-bond acceptors (Lipinski definition) is 4. The topological polar surface area (TPSA) is 61.4 Å². The normalized spacial score (nSPS) is 15.7. The number of rotatable bonds is 4. The second-order valence-corrected chi connectivity index (χ2v) is 7.24. The summed E-state index contributed by atoms with van der Waals surface area (Å²) in [4.78, 5) is 27.2. The second kappa shape index (κ2) is 6.90. The van der Waals surface area contributed by atoms with Crippen LogP contribution in [0.15, 0.2) is 47.4 Å². The highest BCUT2D eigenvalue weighted by Gasteiger charge is 2.26. The van der Waals surface area contributed by atoms with Crippen LogP contribution in [0.4, 0.5) is 5.69 Å². The van der Waals surface area contributed by atoms with Crippen LogP contribution in [0.2, 0.25) is 0 Å². The summed E-state index contributed by atoms with van der Waals surface area (Å²) in [7, 11) is 0. The van der Waals surface area contributed by atoms with Gasteiger partial charge in [-0.1, -0.05) is 30.3 Å². The van der Waals surface area contributed by atoms with Gasteiger partial charge in [0.1, 0.15) is 6.54 Å². The molecule has 2 heterocycles. The lowest BCUT2D eigenvalue weighted by Crippen LogP contribution is -2.43. The molecule has 0 unspecified atom stereocenters. The minimum Gasteiger partial charge on any atom is -0.350 e. The van der Waals surface area contributed by atoms with Crippen LogP contribution < -0.4 is 15.5 Å². The highest BCUT2D eigenvalue weighted by molar-refractivity contribution is 8.00. The van der Waals surface area contributed by atoms with E-state index in [1.54, 1.807) is 4.90 Å². The van der Waals surface area contributed by atoms with Gasteiger partial charge in [0.05, 0.1) is 11.4 Å². The number of nitrogens with zero attached hydrogens (tertiary/aromatic N) is 1. The Bertz CT molecular complexity index is 837. The molecular weight excluding hydrogens is 334 g/mol. The number of anilines is 1. The molecular formula is C19H19N3O2S. The zero-order valence-electron chi connectivity index (χ0n) is 13.7. The van der Waals surface area contributed by atoms with Crippen molar-refractivity contribution >= 4 is 29.3 Å². The number of fused-ring (bicyclic) bond motifs is 2. The van der Waals surface area contributed by atoms with Crippen molar-refractivity contribution in [1.82, 2.24) is 10.6 Å². The minimum atomic E-state index is -0.145. The average molecular weight is 353 g/mol. The Morgan fingerprint density at radius 3 is 2.92 bits per heavy atom. The van der Waals surface area contributed by atoms with Crippen LogP contribution in [0.3, 0.4) is 0 Å². The number of para-hydroxylation sites is 1. The molecule has 0 radical (unpaired) electrons. The van der Waals surface area contributed by atoms with E-state index in [1.165, 1.54) is 22.9 Å². The van der Waals surface area contributed by atoms with Crippen molar-refractivity contribution in [2.45, 2.75) is 24.5 Å². The molecule has 128 valence electrons. The van der Waals surface area contributed by atoms with Crippen LogP contribution >= 0.6 is 11.8 Å². The van der Waals surface area contributed by atoms with Gasteiger partial charge in [0.15, 0.2) is 0 Å². The van der Waals surface area contributed by atoms with E-state index in [9.17, 15) is 9.59 Å². The first-order valence-electron chi connectivity index (χ1n) is 8.31. The van der Waals surface area contributed by atoms with Crippen molar-refractivity contribution in [2.24, 2.45) is 0 Å². The Hall–Kier alpha value is -2.31. The highest BCUT2D eigenvalue weighted by Crippen LogP contribution is 2.34. The van der Waals surface area contributed by atoms with E-state index in [0.717, 1.165) is 29.2 Å². The average Bonchev–Trinajstić information content (AvgIpc) is 3.10. The standard InChI is InChI=1S/C19H19N3O2S/c23-18(21-8-13-5-6-14-9-20-10-15(14)7-13)11-22-16-3-1-2-4-17(16)25-12-19(22)24/h1-7,20H,8-12H2,(H,21,23). The molecule has 2 aliphatic heterocycles. The predicted molar refractivity (Wildman–Crippen MR) is 98.4 cm³/mol. The van der Waals surface area contributed by atoms with Crippen molar-refractivity contribution in [3.8, 4) is 0 Å². The van der Waals surface area contributed by atoms with Gasteiger partial charge < -0.3 is 15.5 Å². The molecule has 25 heavy (non-hydrogen) atoms. The van der Waals surface area contributed by atoms with Gasteiger partial charge >= 0.3 is 0 Å². The Balaban J connectivity index is 1.40. The third kappa shape index (κ3) is 3.41. The minimum absolute atomic E-state index is 0.0255. The molecule has 0 aliphatic carbocycles. The van der Waals surface area contributed by atoms with Gasteiger partial charge in [0.2, 0.25) is 11.8 Å². The van der Waals surface area contributed by atoms with Gasteiger partial charge in [-0.15, -0.1) is 11.8 Å². The molecule has 2 amide bonds. The van der Waals surface area contributed by atoms with Crippen LogP contribution in [0.25, 0.3) is 0 Å². The summed E-state index contributed by atoms with van der Waals surface area (Å²) in [5, 5.41) is 6.24. The van der Waals surface area contributed by atoms with Gasteiger partial charge in [-0.05, 0) is 28.8 Å². The maximum absolute atomic E-state index is 12.3. The van der Waals surface area contributed by atoms with E-state index in [2.05, 4.69) is 22.8 Å². The summed E-state index contributed by atoms with van der Waals surface area (Å²) < 4.78 is 0. The summed E-state index contributed by atoms with van der Waals surface area (Å²) in [5.41, 5.74) is 4.52. The number of hydrogen-bond donors (Lipinski definition) is 2. The van der Waals surface area contributed by atoms with Crippen LogP contribution in [-0.2, 0) is 29.2 Å². The largest absolute Gasteiger partial charge is 0.350 e. The number of carbonyl (C=O) groups excluding carboxylic acids is 2. The zero-order valence-corrected chi connectivity index (χ0v) is 14.6. The summed E-state index contributed by atoms with van der Waals surface area (Å²) in [6.45, 7) is 2.33. The molecule has 0 saturated carbocycles. The lowest BCUT2D eigenvalue weighted by molar-refractivity contribution is -0.123. The van der Waals surface area contributed by atoms with Gasteiger partial charge in [-0.3, -0.25) is 9.59 Å². The fourth-order valence-corrected chi connectivity index (χ4v) is 4.12.